The van der Waals surface area contributed by atoms with Gasteiger partial charge in [0.05, 0.1) is 18.0 Å². The Bertz CT molecular complexity index is 725. The summed E-state index contributed by atoms with van der Waals surface area (Å²) < 4.78 is 7.61. The van der Waals surface area contributed by atoms with E-state index in [4.69, 9.17) is 4.74 Å². The predicted molar refractivity (Wildman–Crippen MR) is 110 cm³/mol. The van der Waals surface area contributed by atoms with Crippen LogP contribution in [0.5, 0.6) is 0 Å². The normalized spacial score (nSPS) is 21.6. The molecule has 4 rings (SSSR count). The molecule has 1 aromatic carbocycles. The molecule has 2 aromatic rings. The van der Waals surface area contributed by atoms with Crippen LogP contribution in [-0.4, -0.2) is 48.7 Å². The van der Waals surface area contributed by atoms with Crippen LogP contribution in [0.25, 0.3) is 5.69 Å². The van der Waals surface area contributed by atoms with Crippen molar-refractivity contribution in [3.05, 3.63) is 41.7 Å². The number of aryl methyl sites for hydroxylation is 2. The third-order valence-corrected chi connectivity index (χ3v) is 5.91. The Hall–Kier alpha value is -1.85. The third-order valence-electron chi connectivity index (χ3n) is 5.91. The van der Waals surface area contributed by atoms with E-state index in [1.807, 2.05) is 11.6 Å². The number of hydrogen-bond donors (Lipinski definition) is 1. The fraction of sp³-hybridized carbons (Fsp3) is 0.591. The van der Waals surface area contributed by atoms with Crippen molar-refractivity contribution < 1.29 is 4.74 Å². The highest BCUT2D eigenvalue weighted by molar-refractivity contribution is 5.51. The maximum absolute atomic E-state index is 5.59. The molecule has 0 saturated carbocycles. The van der Waals surface area contributed by atoms with Gasteiger partial charge in [0, 0.05) is 43.7 Å². The summed E-state index contributed by atoms with van der Waals surface area (Å²) in [6, 6.07) is 11.6. The topological polar surface area (TPSA) is 42.3 Å². The standard InChI is InChI=1S/C22H32N4O/c1-17-14-18(2)26(24-17)22-7-5-21(6-8-22)25-11-9-20(10-12-25)23-15-19-4-3-13-27-16-19/h5-8,14,19-20,23H,3-4,9-13,15-16H2,1-2H3/t19-/m1/s1. The molecule has 2 aliphatic heterocycles. The van der Waals surface area contributed by atoms with E-state index < -0.39 is 0 Å². The monoisotopic (exact) mass is 368 g/mol. The van der Waals surface area contributed by atoms with Crippen LogP contribution in [0.3, 0.4) is 0 Å². The summed E-state index contributed by atoms with van der Waals surface area (Å²) in [5, 5.41) is 8.36. The minimum absolute atomic E-state index is 0.650. The number of nitrogens with one attached hydrogen (secondary N) is 1. The molecule has 3 heterocycles. The van der Waals surface area contributed by atoms with E-state index in [-0.39, 0.29) is 0 Å². The number of rotatable bonds is 5. The first-order chi connectivity index (χ1) is 13.2. The molecule has 0 aliphatic carbocycles. The first kappa shape index (κ1) is 18.5. The molecular weight excluding hydrogens is 336 g/mol. The summed E-state index contributed by atoms with van der Waals surface area (Å²) in [6.07, 6.45) is 4.96. The van der Waals surface area contributed by atoms with Gasteiger partial charge >= 0.3 is 0 Å². The van der Waals surface area contributed by atoms with Gasteiger partial charge in [-0.3, -0.25) is 0 Å². The summed E-state index contributed by atoms with van der Waals surface area (Å²) in [4.78, 5) is 2.51. The highest BCUT2D eigenvalue weighted by Gasteiger charge is 2.21. The minimum atomic E-state index is 0.650. The molecule has 2 aliphatic rings. The Morgan fingerprint density at radius 2 is 1.81 bits per heavy atom. The number of nitrogens with zero attached hydrogens (tertiary/aromatic N) is 3. The van der Waals surface area contributed by atoms with Crippen molar-refractivity contribution in [2.24, 2.45) is 5.92 Å². The van der Waals surface area contributed by atoms with Crippen LogP contribution in [0, 0.1) is 19.8 Å². The lowest BCUT2D eigenvalue weighted by Crippen LogP contribution is -2.44. The van der Waals surface area contributed by atoms with E-state index in [2.05, 4.69) is 52.6 Å². The summed E-state index contributed by atoms with van der Waals surface area (Å²) >= 11 is 0. The quantitative estimate of drug-likeness (QED) is 0.877. The highest BCUT2D eigenvalue weighted by atomic mass is 16.5. The molecule has 1 atom stereocenters. The Kier molecular flexibility index (Phi) is 5.79. The molecule has 0 bridgehead atoms. The average molecular weight is 369 g/mol. The summed E-state index contributed by atoms with van der Waals surface area (Å²) in [7, 11) is 0. The van der Waals surface area contributed by atoms with Gasteiger partial charge in [-0.1, -0.05) is 0 Å². The number of hydrogen-bond acceptors (Lipinski definition) is 4. The van der Waals surface area contributed by atoms with Gasteiger partial charge in [-0.25, -0.2) is 4.68 Å². The van der Waals surface area contributed by atoms with Crippen LogP contribution in [0.4, 0.5) is 5.69 Å². The van der Waals surface area contributed by atoms with E-state index in [9.17, 15) is 0 Å². The largest absolute Gasteiger partial charge is 0.381 e. The third kappa shape index (κ3) is 4.53. The van der Waals surface area contributed by atoms with E-state index in [1.54, 1.807) is 0 Å². The molecule has 5 nitrogen and oxygen atoms in total. The van der Waals surface area contributed by atoms with E-state index >= 15 is 0 Å². The smallest absolute Gasteiger partial charge is 0.0650 e. The molecule has 5 heteroatoms. The highest BCUT2D eigenvalue weighted by Crippen LogP contribution is 2.23. The predicted octanol–water partition coefficient (Wildman–Crippen LogP) is 3.47. The zero-order chi connectivity index (χ0) is 18.6. The number of anilines is 1. The second-order valence-corrected chi connectivity index (χ2v) is 8.11. The number of benzene rings is 1. The minimum Gasteiger partial charge on any atom is -0.381 e. The Balaban J connectivity index is 1.28. The molecule has 0 spiro atoms. The lowest BCUT2D eigenvalue weighted by atomic mass is 9.99. The average Bonchev–Trinajstić information content (AvgIpc) is 3.06. The van der Waals surface area contributed by atoms with Crippen LogP contribution in [-0.2, 0) is 4.74 Å². The van der Waals surface area contributed by atoms with Crippen LogP contribution < -0.4 is 10.2 Å². The second kappa shape index (κ2) is 8.44. The van der Waals surface area contributed by atoms with Gasteiger partial charge in [0.1, 0.15) is 0 Å². The molecule has 0 unspecified atom stereocenters. The van der Waals surface area contributed by atoms with Gasteiger partial charge in [-0.15, -0.1) is 0 Å². The summed E-state index contributed by atoms with van der Waals surface area (Å²) in [5.74, 6) is 0.707. The second-order valence-electron chi connectivity index (χ2n) is 8.11. The first-order valence-electron chi connectivity index (χ1n) is 10.4. The molecule has 27 heavy (non-hydrogen) atoms. The van der Waals surface area contributed by atoms with Gasteiger partial charge in [0.2, 0.25) is 0 Å². The molecular formula is C22H32N4O. The number of aromatic nitrogens is 2. The molecule has 1 N–H and O–H groups in total. The van der Waals surface area contributed by atoms with Crippen molar-refractivity contribution in [3.8, 4) is 5.69 Å². The van der Waals surface area contributed by atoms with Crippen molar-refractivity contribution in [1.29, 1.82) is 0 Å². The van der Waals surface area contributed by atoms with Crippen LogP contribution >= 0.6 is 0 Å². The fourth-order valence-corrected chi connectivity index (χ4v) is 4.34. The Morgan fingerprint density at radius 3 is 2.44 bits per heavy atom. The van der Waals surface area contributed by atoms with Crippen molar-refractivity contribution >= 4 is 5.69 Å². The Morgan fingerprint density at radius 1 is 1.07 bits per heavy atom. The molecule has 146 valence electrons. The van der Waals surface area contributed by atoms with Gasteiger partial charge in [0.15, 0.2) is 0 Å². The van der Waals surface area contributed by atoms with E-state index in [0.29, 0.717) is 12.0 Å². The van der Waals surface area contributed by atoms with Crippen LogP contribution in [0.15, 0.2) is 30.3 Å². The van der Waals surface area contributed by atoms with E-state index in [1.165, 1.54) is 37.1 Å². The van der Waals surface area contributed by atoms with Gasteiger partial charge in [0.25, 0.3) is 0 Å². The molecule has 0 amide bonds. The number of piperidine rings is 1. The van der Waals surface area contributed by atoms with Crippen molar-refractivity contribution in [2.75, 3.05) is 37.7 Å². The summed E-state index contributed by atoms with van der Waals surface area (Å²) in [5.41, 5.74) is 4.69. The van der Waals surface area contributed by atoms with E-state index in [0.717, 1.165) is 44.2 Å². The molecule has 1 aromatic heterocycles. The van der Waals surface area contributed by atoms with Crippen molar-refractivity contribution in [2.45, 2.75) is 45.6 Å². The maximum atomic E-state index is 5.59. The van der Waals surface area contributed by atoms with Crippen LogP contribution in [0.1, 0.15) is 37.1 Å². The van der Waals surface area contributed by atoms with Crippen molar-refractivity contribution in [1.82, 2.24) is 15.1 Å². The number of ether oxygens (including phenoxy) is 1. The van der Waals surface area contributed by atoms with Gasteiger partial charge in [-0.2, -0.15) is 5.10 Å². The summed E-state index contributed by atoms with van der Waals surface area (Å²) in [6.45, 7) is 9.39. The van der Waals surface area contributed by atoms with Crippen molar-refractivity contribution in [3.63, 3.8) is 0 Å². The zero-order valence-corrected chi connectivity index (χ0v) is 16.7. The lowest BCUT2D eigenvalue weighted by molar-refractivity contribution is 0.0535. The zero-order valence-electron chi connectivity index (χ0n) is 16.7. The molecule has 2 saturated heterocycles. The van der Waals surface area contributed by atoms with Gasteiger partial charge in [-0.05, 0) is 75.8 Å². The molecule has 0 radical (unpaired) electrons. The molecule has 2 fully saturated rings. The maximum Gasteiger partial charge on any atom is 0.0650 e. The lowest BCUT2D eigenvalue weighted by Gasteiger charge is -2.35. The fourth-order valence-electron chi connectivity index (χ4n) is 4.34. The van der Waals surface area contributed by atoms with Crippen LogP contribution in [0.2, 0.25) is 0 Å². The van der Waals surface area contributed by atoms with Gasteiger partial charge < -0.3 is 15.0 Å². The first-order valence-corrected chi connectivity index (χ1v) is 10.4. The SMILES string of the molecule is Cc1cc(C)n(-c2ccc(N3CCC(NC[C@H]4CCCOC4)CC3)cc2)n1. The Labute approximate surface area is 162 Å².